The molecule has 17 heavy (non-hydrogen) atoms. The smallest absolute Gasteiger partial charge is 0.338 e. The van der Waals surface area contributed by atoms with E-state index in [1.54, 1.807) is 6.92 Å². The number of halogens is 2. The lowest BCUT2D eigenvalue weighted by Gasteiger charge is -2.07. The predicted molar refractivity (Wildman–Crippen MR) is 66.8 cm³/mol. The Hall–Kier alpha value is -1.26. The van der Waals surface area contributed by atoms with Crippen molar-refractivity contribution >= 4 is 40.8 Å². The van der Waals surface area contributed by atoms with Crippen molar-refractivity contribution in [2.45, 2.75) is 6.92 Å². The van der Waals surface area contributed by atoms with Gasteiger partial charge in [0.2, 0.25) is 5.91 Å². The zero-order chi connectivity index (χ0) is 12.8. The number of benzene rings is 1. The third-order valence-electron chi connectivity index (χ3n) is 1.88. The number of anilines is 1. The summed E-state index contributed by atoms with van der Waals surface area (Å²) in [6.07, 6.45) is 0. The summed E-state index contributed by atoms with van der Waals surface area (Å²) in [5.74, 6) is -0.974. The van der Waals surface area contributed by atoms with Gasteiger partial charge in [0.15, 0.2) is 0 Å². The van der Waals surface area contributed by atoms with E-state index in [4.69, 9.17) is 27.9 Å². The van der Waals surface area contributed by atoms with Gasteiger partial charge < -0.3 is 10.1 Å². The molecule has 0 saturated heterocycles. The number of rotatable bonds is 4. The minimum absolute atomic E-state index is 0.157. The van der Waals surface area contributed by atoms with Crippen molar-refractivity contribution in [1.29, 1.82) is 0 Å². The number of carbonyl (C=O) groups is 2. The van der Waals surface area contributed by atoms with Crippen LogP contribution in [0.25, 0.3) is 0 Å². The van der Waals surface area contributed by atoms with E-state index < -0.39 is 5.97 Å². The predicted octanol–water partition coefficient (Wildman–Crippen LogP) is 2.69. The van der Waals surface area contributed by atoms with Gasteiger partial charge in [-0.1, -0.05) is 11.6 Å². The molecule has 0 aliphatic rings. The summed E-state index contributed by atoms with van der Waals surface area (Å²) in [5.41, 5.74) is 0.742. The molecule has 1 amide bonds. The van der Waals surface area contributed by atoms with Crippen LogP contribution in [0.4, 0.5) is 5.69 Å². The maximum atomic E-state index is 11.4. The number of amides is 1. The van der Waals surface area contributed by atoms with Crippen LogP contribution in [0, 0.1) is 0 Å². The highest BCUT2D eigenvalue weighted by Crippen LogP contribution is 2.23. The van der Waals surface area contributed by atoms with Gasteiger partial charge in [-0.15, -0.1) is 11.6 Å². The van der Waals surface area contributed by atoms with Crippen molar-refractivity contribution in [2.24, 2.45) is 0 Å². The molecular formula is C11H11Cl2NO3. The average Bonchev–Trinajstić information content (AvgIpc) is 2.31. The number of esters is 1. The topological polar surface area (TPSA) is 55.4 Å². The van der Waals surface area contributed by atoms with Crippen LogP contribution in [0.1, 0.15) is 17.3 Å². The summed E-state index contributed by atoms with van der Waals surface area (Å²) in [6.45, 7) is 2.01. The molecule has 1 aromatic rings. The molecule has 92 valence electrons. The summed E-state index contributed by atoms with van der Waals surface area (Å²) in [6, 6.07) is 4.48. The van der Waals surface area contributed by atoms with E-state index in [0.29, 0.717) is 17.9 Å². The molecule has 0 aromatic heterocycles. The molecule has 1 rings (SSSR count). The van der Waals surface area contributed by atoms with Crippen LogP contribution in [0.2, 0.25) is 5.02 Å². The maximum Gasteiger partial charge on any atom is 0.338 e. The quantitative estimate of drug-likeness (QED) is 0.679. The standard InChI is InChI=1S/C11H11Cl2NO3/c1-2-17-11(16)7-3-4-9(8(13)5-7)14-10(15)6-12/h3-5H,2,6H2,1H3,(H,14,15). The molecule has 4 nitrogen and oxygen atoms in total. The van der Waals surface area contributed by atoms with E-state index >= 15 is 0 Å². The second kappa shape index (κ2) is 6.47. The molecule has 0 aliphatic carbocycles. The second-order valence-electron chi connectivity index (χ2n) is 3.10. The van der Waals surface area contributed by atoms with Crippen molar-refractivity contribution in [2.75, 3.05) is 17.8 Å². The molecule has 6 heteroatoms. The van der Waals surface area contributed by atoms with E-state index in [1.165, 1.54) is 18.2 Å². The molecule has 1 aromatic carbocycles. The van der Waals surface area contributed by atoms with E-state index in [1.807, 2.05) is 0 Å². The van der Waals surface area contributed by atoms with Crippen LogP contribution in [-0.4, -0.2) is 24.4 Å². The monoisotopic (exact) mass is 275 g/mol. The van der Waals surface area contributed by atoms with E-state index in [0.717, 1.165) is 0 Å². The highest BCUT2D eigenvalue weighted by molar-refractivity contribution is 6.35. The Morgan fingerprint density at radius 1 is 1.41 bits per heavy atom. The molecule has 0 bridgehead atoms. The molecule has 1 N–H and O–H groups in total. The van der Waals surface area contributed by atoms with Gasteiger partial charge in [0.25, 0.3) is 0 Å². The molecule has 0 spiro atoms. The zero-order valence-corrected chi connectivity index (χ0v) is 10.6. The number of alkyl halides is 1. The first-order chi connectivity index (χ1) is 8.08. The second-order valence-corrected chi connectivity index (χ2v) is 3.77. The minimum Gasteiger partial charge on any atom is -0.462 e. The van der Waals surface area contributed by atoms with E-state index in [-0.39, 0.29) is 16.8 Å². The molecule has 0 fully saturated rings. The van der Waals surface area contributed by atoms with Crippen LogP contribution < -0.4 is 5.32 Å². The van der Waals surface area contributed by atoms with Crippen LogP contribution in [0.5, 0.6) is 0 Å². The Morgan fingerprint density at radius 2 is 2.12 bits per heavy atom. The number of hydrogen-bond donors (Lipinski definition) is 1. The van der Waals surface area contributed by atoms with Crippen LogP contribution in [0.15, 0.2) is 18.2 Å². The number of nitrogens with one attached hydrogen (secondary N) is 1. The number of hydrogen-bond acceptors (Lipinski definition) is 3. The summed E-state index contributed by atoms with van der Waals surface area (Å²) in [4.78, 5) is 22.5. The van der Waals surface area contributed by atoms with Crippen molar-refractivity contribution in [3.8, 4) is 0 Å². The van der Waals surface area contributed by atoms with Gasteiger partial charge in [0.1, 0.15) is 5.88 Å². The average molecular weight is 276 g/mol. The third kappa shape index (κ3) is 3.91. The highest BCUT2D eigenvalue weighted by Gasteiger charge is 2.10. The first-order valence-corrected chi connectivity index (χ1v) is 5.82. The third-order valence-corrected chi connectivity index (χ3v) is 2.43. The van der Waals surface area contributed by atoms with Gasteiger partial charge >= 0.3 is 5.97 Å². The van der Waals surface area contributed by atoms with Gasteiger partial charge in [0, 0.05) is 0 Å². The van der Waals surface area contributed by atoms with E-state index in [2.05, 4.69) is 5.32 Å². The number of ether oxygens (including phenoxy) is 1. The summed E-state index contributed by atoms with van der Waals surface area (Å²) >= 11 is 11.3. The fourth-order valence-corrected chi connectivity index (χ4v) is 1.44. The van der Waals surface area contributed by atoms with Crippen molar-refractivity contribution in [3.05, 3.63) is 28.8 Å². The Bertz CT molecular complexity index is 435. The normalized spacial score (nSPS) is 9.82. The Morgan fingerprint density at radius 3 is 2.65 bits per heavy atom. The molecule has 0 radical (unpaired) electrons. The minimum atomic E-state index is -0.454. The first kappa shape index (κ1) is 13.8. The van der Waals surface area contributed by atoms with Gasteiger partial charge in [-0.2, -0.15) is 0 Å². The van der Waals surface area contributed by atoms with Crippen LogP contribution in [0.3, 0.4) is 0 Å². The maximum absolute atomic E-state index is 11.4. The van der Waals surface area contributed by atoms with E-state index in [9.17, 15) is 9.59 Å². The van der Waals surface area contributed by atoms with Crippen molar-refractivity contribution in [3.63, 3.8) is 0 Å². The molecule has 0 atom stereocenters. The van der Waals surface area contributed by atoms with Gasteiger partial charge in [0.05, 0.1) is 22.9 Å². The first-order valence-electron chi connectivity index (χ1n) is 4.91. The van der Waals surface area contributed by atoms with Gasteiger partial charge in [-0.3, -0.25) is 4.79 Å². The van der Waals surface area contributed by atoms with Crippen molar-refractivity contribution in [1.82, 2.24) is 0 Å². The fraction of sp³-hybridized carbons (Fsp3) is 0.273. The molecule has 0 unspecified atom stereocenters. The summed E-state index contributed by atoms with van der Waals surface area (Å²) in [7, 11) is 0. The molecular weight excluding hydrogens is 265 g/mol. The SMILES string of the molecule is CCOC(=O)c1ccc(NC(=O)CCl)c(Cl)c1. The highest BCUT2D eigenvalue weighted by atomic mass is 35.5. The van der Waals surface area contributed by atoms with Gasteiger partial charge in [-0.05, 0) is 25.1 Å². The Labute approximate surface area is 109 Å². The largest absolute Gasteiger partial charge is 0.462 e. The Kier molecular flexibility index (Phi) is 5.25. The summed E-state index contributed by atoms with van der Waals surface area (Å²) < 4.78 is 4.82. The van der Waals surface area contributed by atoms with Crippen LogP contribution in [-0.2, 0) is 9.53 Å². The lowest BCUT2D eigenvalue weighted by atomic mass is 10.2. The lowest BCUT2D eigenvalue weighted by molar-refractivity contribution is -0.113. The summed E-state index contributed by atoms with van der Waals surface area (Å²) in [5, 5.41) is 2.76. The lowest BCUT2D eigenvalue weighted by Crippen LogP contribution is -2.13. The number of carbonyl (C=O) groups excluding carboxylic acids is 2. The zero-order valence-electron chi connectivity index (χ0n) is 9.13. The van der Waals surface area contributed by atoms with Gasteiger partial charge in [-0.25, -0.2) is 4.79 Å². The molecule has 0 aliphatic heterocycles. The Balaban J connectivity index is 2.86. The van der Waals surface area contributed by atoms with Crippen LogP contribution >= 0.6 is 23.2 Å². The molecule has 0 heterocycles. The fourth-order valence-electron chi connectivity index (χ4n) is 1.14. The van der Waals surface area contributed by atoms with Crippen molar-refractivity contribution < 1.29 is 14.3 Å². The molecule has 0 saturated carbocycles.